The van der Waals surface area contributed by atoms with Crippen molar-refractivity contribution in [3.63, 3.8) is 0 Å². The molecule has 0 unspecified atom stereocenters. The third-order valence-electron chi connectivity index (χ3n) is 4.77. The van der Waals surface area contributed by atoms with E-state index >= 15 is 0 Å². The molecule has 0 bridgehead atoms. The molecular formula is C21H15N3O4. The average Bonchev–Trinajstić information content (AvgIpc) is 2.67. The van der Waals surface area contributed by atoms with Crippen molar-refractivity contribution >= 4 is 34.5 Å². The van der Waals surface area contributed by atoms with Crippen molar-refractivity contribution in [2.75, 3.05) is 0 Å². The van der Waals surface area contributed by atoms with E-state index < -0.39 is 16.7 Å². The van der Waals surface area contributed by atoms with E-state index in [0.717, 1.165) is 21.7 Å². The molecule has 7 heteroatoms. The largest absolute Gasteiger partial charge is 0.282 e. The average molecular weight is 373 g/mol. The van der Waals surface area contributed by atoms with Crippen LogP contribution in [0.4, 0.5) is 5.69 Å². The molecule has 28 heavy (non-hydrogen) atoms. The van der Waals surface area contributed by atoms with E-state index in [9.17, 15) is 19.7 Å². The summed E-state index contributed by atoms with van der Waals surface area (Å²) in [5, 5.41) is 17.0. The van der Waals surface area contributed by atoms with Gasteiger partial charge in [-0.3, -0.25) is 19.7 Å². The Kier molecular flexibility index (Phi) is 4.00. The zero-order valence-electron chi connectivity index (χ0n) is 15.2. The van der Waals surface area contributed by atoms with Gasteiger partial charge in [0.15, 0.2) is 0 Å². The number of imide groups is 1. The maximum atomic E-state index is 12.9. The van der Waals surface area contributed by atoms with Gasteiger partial charge < -0.3 is 0 Å². The first-order chi connectivity index (χ1) is 13.4. The molecule has 1 aliphatic heterocycles. The zero-order chi connectivity index (χ0) is 20.0. The highest BCUT2D eigenvalue weighted by atomic mass is 16.6. The third kappa shape index (κ3) is 2.73. The smallest absolute Gasteiger partial charge is 0.267 e. The molecule has 2 amide bonds. The summed E-state index contributed by atoms with van der Waals surface area (Å²) in [5.74, 6) is -1.24. The molecule has 3 aromatic carbocycles. The van der Waals surface area contributed by atoms with E-state index in [0.29, 0.717) is 16.3 Å². The molecule has 0 aromatic heterocycles. The van der Waals surface area contributed by atoms with E-state index in [1.165, 1.54) is 18.3 Å². The van der Waals surface area contributed by atoms with Crippen LogP contribution in [-0.2, 0) is 0 Å². The second kappa shape index (κ2) is 6.38. The predicted octanol–water partition coefficient (Wildman–Crippen LogP) is 3.99. The van der Waals surface area contributed by atoms with Crippen LogP contribution in [0.15, 0.2) is 53.6 Å². The van der Waals surface area contributed by atoms with Crippen molar-refractivity contribution < 1.29 is 14.5 Å². The highest BCUT2D eigenvalue weighted by Crippen LogP contribution is 2.33. The molecule has 138 valence electrons. The summed E-state index contributed by atoms with van der Waals surface area (Å²) in [6.07, 6.45) is 1.46. The SMILES string of the molecule is Cc1ccc(C)c(/C=N\N2C(=O)c3cccc4cc([N+](=O)[O-])cc(c34)C2=O)c1. The Morgan fingerprint density at radius 3 is 2.50 bits per heavy atom. The van der Waals surface area contributed by atoms with Crippen LogP contribution in [0.5, 0.6) is 0 Å². The second-order valence-electron chi connectivity index (χ2n) is 6.68. The number of nitro groups is 1. The van der Waals surface area contributed by atoms with E-state index in [4.69, 9.17) is 0 Å². The van der Waals surface area contributed by atoms with Crippen molar-refractivity contribution in [1.82, 2.24) is 5.01 Å². The van der Waals surface area contributed by atoms with Gasteiger partial charge in [0.05, 0.1) is 22.3 Å². The first-order valence-corrected chi connectivity index (χ1v) is 8.58. The van der Waals surface area contributed by atoms with E-state index in [1.807, 2.05) is 32.0 Å². The number of carbonyl (C=O) groups excluding carboxylic acids is 2. The molecule has 0 atom stereocenters. The van der Waals surface area contributed by atoms with Crippen molar-refractivity contribution in [2.45, 2.75) is 13.8 Å². The molecule has 0 N–H and O–H groups in total. The fourth-order valence-corrected chi connectivity index (χ4v) is 3.31. The Hall–Kier alpha value is -3.87. The standard InChI is InChI=1S/C21H15N3O4/c1-12-6-7-13(2)15(8-12)11-22-23-20(25)17-5-3-4-14-9-16(24(27)28)10-18(19(14)17)21(23)26/h3-11H,1-2H3/b22-11-. The van der Waals surface area contributed by atoms with Crippen molar-refractivity contribution in [3.05, 3.63) is 86.5 Å². The number of rotatable bonds is 3. The van der Waals surface area contributed by atoms with E-state index in [-0.39, 0.29) is 11.3 Å². The van der Waals surface area contributed by atoms with Gasteiger partial charge in [0.25, 0.3) is 17.5 Å². The highest BCUT2D eigenvalue weighted by Gasteiger charge is 2.34. The lowest BCUT2D eigenvalue weighted by Crippen LogP contribution is -2.36. The second-order valence-corrected chi connectivity index (χ2v) is 6.68. The number of carbonyl (C=O) groups is 2. The summed E-state index contributed by atoms with van der Waals surface area (Å²) < 4.78 is 0. The molecule has 0 spiro atoms. The van der Waals surface area contributed by atoms with Crippen LogP contribution >= 0.6 is 0 Å². The van der Waals surface area contributed by atoms with Gasteiger partial charge in [-0.15, -0.1) is 0 Å². The van der Waals surface area contributed by atoms with Gasteiger partial charge in [-0.2, -0.15) is 10.1 Å². The Balaban J connectivity index is 1.85. The Morgan fingerprint density at radius 1 is 1.00 bits per heavy atom. The van der Waals surface area contributed by atoms with Crippen LogP contribution in [0.3, 0.4) is 0 Å². The lowest BCUT2D eigenvalue weighted by atomic mass is 9.94. The Labute approximate surface area is 160 Å². The quantitative estimate of drug-likeness (QED) is 0.300. The summed E-state index contributed by atoms with van der Waals surface area (Å²) in [4.78, 5) is 36.5. The summed E-state index contributed by atoms with van der Waals surface area (Å²) in [7, 11) is 0. The maximum absolute atomic E-state index is 12.9. The van der Waals surface area contributed by atoms with Gasteiger partial charge in [0, 0.05) is 17.5 Å². The number of aryl methyl sites for hydroxylation is 2. The van der Waals surface area contributed by atoms with Crippen LogP contribution in [0.25, 0.3) is 10.8 Å². The minimum absolute atomic E-state index is 0.0949. The van der Waals surface area contributed by atoms with Crippen molar-refractivity contribution in [3.8, 4) is 0 Å². The minimum atomic E-state index is -0.682. The molecule has 1 aliphatic rings. The number of amides is 2. The number of benzene rings is 3. The molecule has 0 fully saturated rings. The number of hydrazone groups is 1. The van der Waals surface area contributed by atoms with Gasteiger partial charge in [0.2, 0.25) is 0 Å². The van der Waals surface area contributed by atoms with E-state index in [1.54, 1.807) is 18.2 Å². The fourth-order valence-electron chi connectivity index (χ4n) is 3.31. The van der Waals surface area contributed by atoms with Crippen LogP contribution in [-0.4, -0.2) is 28.0 Å². The number of nitro benzene ring substituents is 1. The molecule has 0 aliphatic carbocycles. The summed E-state index contributed by atoms with van der Waals surface area (Å²) in [6, 6.07) is 13.2. The molecule has 0 saturated carbocycles. The van der Waals surface area contributed by atoms with Gasteiger partial charge in [-0.25, -0.2) is 0 Å². The molecule has 0 saturated heterocycles. The van der Waals surface area contributed by atoms with Crippen molar-refractivity contribution in [2.24, 2.45) is 5.10 Å². The van der Waals surface area contributed by atoms with E-state index in [2.05, 4.69) is 5.10 Å². The molecule has 3 aromatic rings. The molecular weight excluding hydrogens is 358 g/mol. The maximum Gasteiger partial charge on any atom is 0.282 e. The number of non-ortho nitro benzene ring substituents is 1. The first-order valence-electron chi connectivity index (χ1n) is 8.58. The van der Waals surface area contributed by atoms with Crippen LogP contribution < -0.4 is 0 Å². The van der Waals surface area contributed by atoms with Crippen LogP contribution in [0.1, 0.15) is 37.4 Å². The minimum Gasteiger partial charge on any atom is -0.267 e. The summed E-state index contributed by atoms with van der Waals surface area (Å²) >= 11 is 0. The molecule has 7 nitrogen and oxygen atoms in total. The number of nitrogens with zero attached hydrogens (tertiary/aromatic N) is 3. The van der Waals surface area contributed by atoms with Gasteiger partial charge in [-0.05, 0) is 36.4 Å². The topological polar surface area (TPSA) is 92.9 Å². The third-order valence-corrected chi connectivity index (χ3v) is 4.77. The van der Waals surface area contributed by atoms with Crippen molar-refractivity contribution in [1.29, 1.82) is 0 Å². The predicted molar refractivity (Wildman–Crippen MR) is 105 cm³/mol. The monoisotopic (exact) mass is 373 g/mol. The normalized spacial score (nSPS) is 13.6. The zero-order valence-corrected chi connectivity index (χ0v) is 15.2. The highest BCUT2D eigenvalue weighted by molar-refractivity contribution is 6.25. The Morgan fingerprint density at radius 2 is 1.75 bits per heavy atom. The lowest BCUT2D eigenvalue weighted by molar-refractivity contribution is -0.384. The number of hydrogen-bond donors (Lipinski definition) is 0. The van der Waals surface area contributed by atoms with Crippen LogP contribution in [0, 0.1) is 24.0 Å². The molecule has 4 rings (SSSR count). The van der Waals surface area contributed by atoms with Gasteiger partial charge >= 0.3 is 0 Å². The molecule has 1 heterocycles. The fraction of sp³-hybridized carbons (Fsp3) is 0.0952. The lowest BCUT2D eigenvalue weighted by Gasteiger charge is -2.23. The first kappa shape index (κ1) is 17.5. The summed E-state index contributed by atoms with van der Waals surface area (Å²) in [5.41, 5.74) is 2.93. The van der Waals surface area contributed by atoms with Crippen LogP contribution in [0.2, 0.25) is 0 Å². The molecule has 0 radical (unpaired) electrons. The Bertz CT molecular complexity index is 1210. The van der Waals surface area contributed by atoms with Gasteiger partial charge in [0.1, 0.15) is 0 Å². The summed E-state index contributed by atoms with van der Waals surface area (Å²) in [6.45, 7) is 3.84. The number of hydrogen-bond acceptors (Lipinski definition) is 5. The van der Waals surface area contributed by atoms with Gasteiger partial charge in [-0.1, -0.05) is 35.9 Å².